The van der Waals surface area contributed by atoms with Crippen LogP contribution in [-0.2, 0) is 4.79 Å². The molecule has 4 aromatic rings. The number of amides is 2. The molecule has 0 bridgehead atoms. The molecule has 0 spiro atoms. The standard InChI is InChI=1S/C25H22N4O3/c1-2-21(30)26-17-10-12-18(13-11-17)27-24(31)19-14-20(15-8-9-15)28-25-22(19)23(29-32-25)16-6-4-3-5-7-16/h3-7,10-15H,2,8-9H2,1H3,(H,26,30)(H,27,31). The zero-order valence-electron chi connectivity index (χ0n) is 17.6. The number of carbonyl (C=O) groups is 2. The average Bonchev–Trinajstić information content (AvgIpc) is 3.59. The lowest BCUT2D eigenvalue weighted by Crippen LogP contribution is -2.14. The molecule has 0 unspecified atom stereocenters. The van der Waals surface area contributed by atoms with Crippen molar-refractivity contribution in [2.24, 2.45) is 0 Å². The molecule has 1 aliphatic rings. The molecule has 1 saturated carbocycles. The highest BCUT2D eigenvalue weighted by Crippen LogP contribution is 2.41. The molecule has 7 nitrogen and oxygen atoms in total. The van der Waals surface area contributed by atoms with Gasteiger partial charge < -0.3 is 15.2 Å². The second-order valence-corrected chi connectivity index (χ2v) is 7.88. The van der Waals surface area contributed by atoms with E-state index in [0.29, 0.717) is 46.1 Å². The fraction of sp³-hybridized carbons (Fsp3) is 0.200. The third kappa shape index (κ3) is 3.97. The minimum atomic E-state index is -0.259. The van der Waals surface area contributed by atoms with E-state index in [2.05, 4.69) is 20.8 Å². The van der Waals surface area contributed by atoms with Crippen LogP contribution in [0.5, 0.6) is 0 Å². The van der Waals surface area contributed by atoms with E-state index >= 15 is 0 Å². The van der Waals surface area contributed by atoms with Crippen LogP contribution >= 0.6 is 0 Å². The fourth-order valence-electron chi connectivity index (χ4n) is 3.62. The monoisotopic (exact) mass is 426 g/mol. The summed E-state index contributed by atoms with van der Waals surface area (Å²) in [6.07, 6.45) is 2.52. The Labute approximate surface area is 184 Å². The van der Waals surface area contributed by atoms with Crippen LogP contribution in [0.25, 0.3) is 22.4 Å². The molecule has 1 fully saturated rings. The zero-order valence-corrected chi connectivity index (χ0v) is 17.6. The number of rotatable bonds is 6. The Kier molecular flexibility index (Phi) is 5.15. The third-order valence-corrected chi connectivity index (χ3v) is 5.50. The number of benzene rings is 2. The second-order valence-electron chi connectivity index (χ2n) is 7.88. The number of carbonyl (C=O) groups excluding carboxylic acids is 2. The number of nitrogens with one attached hydrogen (secondary N) is 2. The highest BCUT2D eigenvalue weighted by Gasteiger charge is 2.29. The van der Waals surface area contributed by atoms with Gasteiger partial charge in [0.15, 0.2) is 0 Å². The van der Waals surface area contributed by atoms with E-state index in [4.69, 9.17) is 4.52 Å². The van der Waals surface area contributed by atoms with Crippen molar-refractivity contribution < 1.29 is 14.1 Å². The van der Waals surface area contributed by atoms with Crippen molar-refractivity contribution in [2.75, 3.05) is 10.6 Å². The Hall–Kier alpha value is -4.00. The minimum absolute atomic E-state index is 0.0607. The average molecular weight is 426 g/mol. The van der Waals surface area contributed by atoms with E-state index in [0.717, 1.165) is 24.1 Å². The number of aromatic nitrogens is 2. The molecule has 2 aromatic heterocycles. The van der Waals surface area contributed by atoms with E-state index in [9.17, 15) is 9.59 Å². The maximum Gasteiger partial charge on any atom is 0.259 e. The largest absolute Gasteiger partial charge is 0.335 e. The first-order valence-corrected chi connectivity index (χ1v) is 10.7. The fourth-order valence-corrected chi connectivity index (χ4v) is 3.62. The number of anilines is 2. The van der Waals surface area contributed by atoms with Gasteiger partial charge in [-0.2, -0.15) is 0 Å². The molecule has 5 rings (SSSR count). The predicted octanol–water partition coefficient (Wildman–Crippen LogP) is 5.37. The van der Waals surface area contributed by atoms with Crippen LogP contribution in [0, 0.1) is 0 Å². The van der Waals surface area contributed by atoms with Crippen molar-refractivity contribution in [1.82, 2.24) is 10.1 Å². The summed E-state index contributed by atoms with van der Waals surface area (Å²) in [6, 6.07) is 18.5. The maximum absolute atomic E-state index is 13.3. The van der Waals surface area contributed by atoms with Crippen molar-refractivity contribution in [3.8, 4) is 11.3 Å². The van der Waals surface area contributed by atoms with Crippen LogP contribution in [-0.4, -0.2) is 22.0 Å². The Morgan fingerprint density at radius 2 is 1.69 bits per heavy atom. The summed E-state index contributed by atoms with van der Waals surface area (Å²) in [6.45, 7) is 1.80. The molecular formula is C25H22N4O3. The van der Waals surface area contributed by atoms with Crippen molar-refractivity contribution in [1.29, 1.82) is 0 Å². The Morgan fingerprint density at radius 1 is 1.00 bits per heavy atom. The number of hydrogen-bond donors (Lipinski definition) is 2. The van der Waals surface area contributed by atoms with Gasteiger partial charge in [0.25, 0.3) is 11.6 Å². The molecule has 7 heteroatoms. The number of nitrogens with zero attached hydrogens (tertiary/aromatic N) is 2. The summed E-state index contributed by atoms with van der Waals surface area (Å²) >= 11 is 0. The van der Waals surface area contributed by atoms with Crippen molar-refractivity contribution >= 4 is 34.3 Å². The molecule has 2 amide bonds. The van der Waals surface area contributed by atoms with Gasteiger partial charge >= 0.3 is 0 Å². The first kappa shape index (κ1) is 19.9. The van der Waals surface area contributed by atoms with Gasteiger partial charge in [-0.3, -0.25) is 9.59 Å². The number of fused-ring (bicyclic) bond motifs is 1. The molecule has 0 saturated heterocycles. The van der Waals surface area contributed by atoms with E-state index in [1.807, 2.05) is 36.4 Å². The van der Waals surface area contributed by atoms with Crippen LogP contribution in [0.1, 0.15) is 48.2 Å². The van der Waals surface area contributed by atoms with Gasteiger partial charge in [0, 0.05) is 35.0 Å². The molecule has 1 aliphatic carbocycles. The molecule has 2 heterocycles. The van der Waals surface area contributed by atoms with Crippen LogP contribution < -0.4 is 10.6 Å². The smallest absolute Gasteiger partial charge is 0.259 e. The van der Waals surface area contributed by atoms with Crippen LogP contribution in [0.4, 0.5) is 11.4 Å². The Morgan fingerprint density at radius 3 is 2.34 bits per heavy atom. The Balaban J connectivity index is 1.50. The lowest BCUT2D eigenvalue weighted by atomic mass is 10.0. The van der Waals surface area contributed by atoms with Crippen LogP contribution in [0.15, 0.2) is 65.2 Å². The van der Waals surface area contributed by atoms with E-state index in [-0.39, 0.29) is 11.8 Å². The molecule has 32 heavy (non-hydrogen) atoms. The summed E-state index contributed by atoms with van der Waals surface area (Å²) < 4.78 is 5.55. The lowest BCUT2D eigenvalue weighted by Gasteiger charge is -2.10. The van der Waals surface area contributed by atoms with E-state index in [1.54, 1.807) is 31.2 Å². The number of pyridine rings is 1. The van der Waals surface area contributed by atoms with Crippen LogP contribution in [0.3, 0.4) is 0 Å². The van der Waals surface area contributed by atoms with Crippen molar-refractivity contribution in [3.63, 3.8) is 0 Å². The summed E-state index contributed by atoms with van der Waals surface area (Å²) in [7, 11) is 0. The summed E-state index contributed by atoms with van der Waals surface area (Å²) in [5, 5.41) is 10.6. The SMILES string of the molecule is CCC(=O)Nc1ccc(NC(=O)c2cc(C3CC3)nc3onc(-c4ccccc4)c23)cc1. The van der Waals surface area contributed by atoms with Gasteiger partial charge in [0.2, 0.25) is 5.91 Å². The second kappa shape index (κ2) is 8.26. The maximum atomic E-state index is 13.3. The molecule has 0 radical (unpaired) electrons. The first-order chi connectivity index (χ1) is 15.6. The Bertz CT molecular complexity index is 1290. The van der Waals surface area contributed by atoms with E-state index in [1.165, 1.54) is 0 Å². The summed E-state index contributed by atoms with van der Waals surface area (Å²) in [4.78, 5) is 29.5. The summed E-state index contributed by atoms with van der Waals surface area (Å²) in [5.41, 5.74) is 4.48. The normalized spacial score (nSPS) is 13.2. The third-order valence-electron chi connectivity index (χ3n) is 5.50. The predicted molar refractivity (Wildman–Crippen MR) is 123 cm³/mol. The lowest BCUT2D eigenvalue weighted by molar-refractivity contribution is -0.115. The minimum Gasteiger partial charge on any atom is -0.335 e. The topological polar surface area (TPSA) is 97.1 Å². The van der Waals surface area contributed by atoms with E-state index < -0.39 is 0 Å². The molecule has 160 valence electrons. The van der Waals surface area contributed by atoms with Gasteiger partial charge in [-0.15, -0.1) is 0 Å². The molecule has 2 aromatic carbocycles. The highest BCUT2D eigenvalue weighted by atomic mass is 16.5. The van der Waals surface area contributed by atoms with Gasteiger partial charge in [-0.05, 0) is 43.2 Å². The van der Waals surface area contributed by atoms with Gasteiger partial charge in [0.1, 0.15) is 5.69 Å². The van der Waals surface area contributed by atoms with Gasteiger partial charge in [-0.25, -0.2) is 4.98 Å². The summed E-state index contributed by atoms with van der Waals surface area (Å²) in [5.74, 6) is 0.0391. The molecule has 0 atom stereocenters. The van der Waals surface area contributed by atoms with Crippen LogP contribution in [0.2, 0.25) is 0 Å². The quantitative estimate of drug-likeness (QED) is 0.432. The zero-order chi connectivity index (χ0) is 22.1. The number of hydrogen-bond acceptors (Lipinski definition) is 5. The first-order valence-electron chi connectivity index (χ1n) is 10.7. The van der Waals surface area contributed by atoms with Gasteiger partial charge in [0.05, 0.1) is 10.9 Å². The molecule has 0 aliphatic heterocycles. The van der Waals surface area contributed by atoms with Crippen molar-refractivity contribution in [3.05, 3.63) is 71.9 Å². The molecule has 2 N–H and O–H groups in total. The van der Waals surface area contributed by atoms with Crippen molar-refractivity contribution in [2.45, 2.75) is 32.1 Å². The van der Waals surface area contributed by atoms with Gasteiger partial charge in [-0.1, -0.05) is 42.4 Å². The highest BCUT2D eigenvalue weighted by molar-refractivity contribution is 6.14. The molecular weight excluding hydrogens is 404 g/mol.